The molecule has 0 spiro atoms. The molecule has 1 N–H and O–H groups in total. The Morgan fingerprint density at radius 2 is 1.49 bits per heavy atom. The maximum absolute atomic E-state index is 13.8. The summed E-state index contributed by atoms with van der Waals surface area (Å²) >= 11 is 6.71. The van der Waals surface area contributed by atoms with E-state index in [2.05, 4.69) is 0 Å². The number of ether oxygens (including phenoxy) is 1. The Morgan fingerprint density at radius 3 is 2.00 bits per heavy atom. The summed E-state index contributed by atoms with van der Waals surface area (Å²) in [6.07, 6.45) is 1.76. The lowest BCUT2D eigenvalue weighted by molar-refractivity contribution is -0.138. The number of ketones is 2. The van der Waals surface area contributed by atoms with Gasteiger partial charge in [-0.1, -0.05) is 75.7 Å². The van der Waals surface area contributed by atoms with Gasteiger partial charge in [0, 0.05) is 41.3 Å². The zero-order valence-corrected chi connectivity index (χ0v) is 23.6. The van der Waals surface area contributed by atoms with Crippen molar-refractivity contribution in [2.75, 3.05) is 6.54 Å². The van der Waals surface area contributed by atoms with E-state index in [0.717, 1.165) is 11.1 Å². The lowest BCUT2D eigenvalue weighted by atomic mass is 9.63. The van der Waals surface area contributed by atoms with Crippen LogP contribution < -0.4 is 4.74 Å². The van der Waals surface area contributed by atoms with Gasteiger partial charge < -0.3 is 14.7 Å². The van der Waals surface area contributed by atoms with Gasteiger partial charge >= 0.3 is 5.97 Å². The SMILES string of the molecule is CC1(C)CC(=O)C2=C(C1)N(CC(=O)O)C1=C(C(=O)CC(C)(C)C1)C2c1ccc(OCc2ccccc2)c(Cl)c1. The molecule has 1 heterocycles. The molecule has 2 aliphatic carbocycles. The number of Topliss-reactive ketones (excluding diaryl/α,β-unsaturated/α-hetero) is 2. The second kappa shape index (κ2) is 9.98. The van der Waals surface area contributed by atoms with E-state index in [9.17, 15) is 19.5 Å². The average molecular weight is 548 g/mol. The van der Waals surface area contributed by atoms with Crippen LogP contribution in [0.3, 0.4) is 0 Å². The number of hydrogen-bond acceptors (Lipinski definition) is 5. The highest BCUT2D eigenvalue weighted by molar-refractivity contribution is 6.32. The molecular formula is C32H34ClNO5. The highest BCUT2D eigenvalue weighted by Crippen LogP contribution is 2.54. The molecule has 0 unspecified atom stereocenters. The van der Waals surface area contributed by atoms with Crippen molar-refractivity contribution in [1.82, 2.24) is 4.90 Å². The highest BCUT2D eigenvalue weighted by Gasteiger charge is 2.49. The summed E-state index contributed by atoms with van der Waals surface area (Å²) in [4.78, 5) is 41.3. The Kier molecular flexibility index (Phi) is 6.96. The standard InChI is InChI=1S/C32H34ClNO5/c1-31(2)13-22-29(24(35)15-31)28(30-23(34(22)17-27(37)38)14-32(3,4)16-25(30)36)20-10-11-26(21(33)12-20)39-18-19-8-6-5-7-9-19/h5-12,28H,13-18H2,1-4H3,(H,37,38). The van der Waals surface area contributed by atoms with Crippen molar-refractivity contribution in [3.05, 3.63) is 87.2 Å². The summed E-state index contributed by atoms with van der Waals surface area (Å²) in [6.45, 7) is 8.18. The fraction of sp³-hybridized carbons (Fsp3) is 0.406. The van der Waals surface area contributed by atoms with E-state index in [0.29, 0.717) is 65.6 Å². The van der Waals surface area contributed by atoms with Gasteiger partial charge in [-0.25, -0.2) is 0 Å². The van der Waals surface area contributed by atoms with Crippen LogP contribution in [0.15, 0.2) is 71.1 Å². The first kappa shape index (κ1) is 27.2. The molecule has 204 valence electrons. The number of halogens is 1. The molecule has 0 atom stereocenters. The minimum atomic E-state index is -0.998. The van der Waals surface area contributed by atoms with Gasteiger partial charge in [-0.15, -0.1) is 0 Å². The molecule has 2 aromatic rings. The van der Waals surface area contributed by atoms with Crippen molar-refractivity contribution in [2.45, 2.75) is 65.9 Å². The quantitative estimate of drug-likeness (QED) is 0.434. The lowest BCUT2D eigenvalue weighted by Gasteiger charge is -2.48. The van der Waals surface area contributed by atoms with Gasteiger partial charge in [-0.05, 0) is 46.9 Å². The summed E-state index contributed by atoms with van der Waals surface area (Å²) in [5, 5.41) is 10.2. The van der Waals surface area contributed by atoms with E-state index < -0.39 is 11.9 Å². The molecule has 0 bridgehead atoms. The van der Waals surface area contributed by atoms with Crippen molar-refractivity contribution < 1.29 is 24.2 Å². The fourth-order valence-corrected chi connectivity index (χ4v) is 6.50. The summed E-state index contributed by atoms with van der Waals surface area (Å²) < 4.78 is 5.97. The van der Waals surface area contributed by atoms with Gasteiger partial charge in [-0.2, -0.15) is 0 Å². The first-order valence-corrected chi connectivity index (χ1v) is 13.7. The van der Waals surface area contributed by atoms with Crippen LogP contribution in [0.5, 0.6) is 5.75 Å². The van der Waals surface area contributed by atoms with E-state index in [1.165, 1.54) is 0 Å². The predicted molar refractivity (Wildman–Crippen MR) is 149 cm³/mol. The molecule has 2 aromatic carbocycles. The minimum Gasteiger partial charge on any atom is -0.487 e. The Morgan fingerprint density at radius 1 is 0.923 bits per heavy atom. The van der Waals surface area contributed by atoms with Crippen molar-refractivity contribution in [3.63, 3.8) is 0 Å². The van der Waals surface area contributed by atoms with Gasteiger partial charge in [0.25, 0.3) is 0 Å². The fourth-order valence-electron chi connectivity index (χ4n) is 6.26. The van der Waals surface area contributed by atoms with Crippen LogP contribution in [0.4, 0.5) is 0 Å². The van der Waals surface area contributed by atoms with Crippen LogP contribution in [0, 0.1) is 10.8 Å². The van der Waals surface area contributed by atoms with E-state index in [-0.39, 0.29) is 28.9 Å². The van der Waals surface area contributed by atoms with Gasteiger partial charge in [0.1, 0.15) is 18.9 Å². The third-order valence-electron chi connectivity index (χ3n) is 7.84. The molecule has 0 saturated heterocycles. The van der Waals surface area contributed by atoms with Crippen molar-refractivity contribution in [3.8, 4) is 5.75 Å². The van der Waals surface area contributed by atoms with Gasteiger partial charge in [0.2, 0.25) is 0 Å². The number of rotatable bonds is 6. The third-order valence-corrected chi connectivity index (χ3v) is 8.14. The second-order valence-corrected chi connectivity index (χ2v) is 12.9. The molecule has 0 aromatic heterocycles. The van der Waals surface area contributed by atoms with Crippen LogP contribution in [0.25, 0.3) is 0 Å². The van der Waals surface area contributed by atoms with E-state index in [4.69, 9.17) is 16.3 Å². The number of allylic oxidation sites excluding steroid dienone is 4. The number of carboxylic acid groups (broad SMARTS) is 1. The zero-order valence-electron chi connectivity index (χ0n) is 22.8. The number of carboxylic acids is 1. The van der Waals surface area contributed by atoms with Crippen LogP contribution in [0.2, 0.25) is 5.02 Å². The monoisotopic (exact) mass is 547 g/mol. The Balaban J connectivity index is 1.62. The van der Waals surface area contributed by atoms with Crippen LogP contribution >= 0.6 is 11.6 Å². The van der Waals surface area contributed by atoms with Gasteiger partial charge in [0.15, 0.2) is 11.6 Å². The molecule has 6 nitrogen and oxygen atoms in total. The van der Waals surface area contributed by atoms with Crippen LogP contribution in [-0.2, 0) is 21.0 Å². The van der Waals surface area contributed by atoms with E-state index in [1.807, 2.05) is 64.1 Å². The molecule has 0 amide bonds. The molecule has 5 rings (SSSR count). The largest absolute Gasteiger partial charge is 0.487 e. The van der Waals surface area contributed by atoms with Crippen molar-refractivity contribution in [2.24, 2.45) is 10.8 Å². The first-order valence-electron chi connectivity index (χ1n) is 13.3. The number of carbonyl (C=O) groups excluding carboxylic acids is 2. The molecular weight excluding hydrogens is 514 g/mol. The second-order valence-electron chi connectivity index (χ2n) is 12.5. The molecule has 3 aliphatic rings. The normalized spacial score (nSPS) is 20.6. The van der Waals surface area contributed by atoms with Crippen molar-refractivity contribution >= 4 is 29.1 Å². The first-order chi connectivity index (χ1) is 18.3. The highest BCUT2D eigenvalue weighted by atomic mass is 35.5. The third kappa shape index (κ3) is 5.40. The molecule has 39 heavy (non-hydrogen) atoms. The maximum atomic E-state index is 13.8. The minimum absolute atomic E-state index is 0.0497. The molecule has 7 heteroatoms. The topological polar surface area (TPSA) is 83.9 Å². The van der Waals surface area contributed by atoms with Crippen LogP contribution in [-0.4, -0.2) is 34.1 Å². The maximum Gasteiger partial charge on any atom is 0.323 e. The molecule has 0 radical (unpaired) electrons. The molecule has 0 fully saturated rings. The Bertz CT molecular complexity index is 1370. The molecule has 1 aliphatic heterocycles. The number of benzene rings is 2. The number of carbonyl (C=O) groups is 3. The smallest absolute Gasteiger partial charge is 0.323 e. The van der Waals surface area contributed by atoms with Gasteiger partial charge in [0.05, 0.1) is 5.02 Å². The van der Waals surface area contributed by atoms with E-state index in [1.54, 1.807) is 17.0 Å². The molecule has 0 saturated carbocycles. The summed E-state index contributed by atoms with van der Waals surface area (Å²) in [7, 11) is 0. The zero-order chi connectivity index (χ0) is 28.1. The van der Waals surface area contributed by atoms with Crippen LogP contribution in [0.1, 0.15) is 70.4 Å². The summed E-state index contributed by atoms with van der Waals surface area (Å²) in [5.74, 6) is -1.17. The number of aliphatic carboxylic acids is 1. The van der Waals surface area contributed by atoms with E-state index >= 15 is 0 Å². The summed E-state index contributed by atoms with van der Waals surface area (Å²) in [6, 6.07) is 15.2. The predicted octanol–water partition coefficient (Wildman–Crippen LogP) is 6.69. The Labute approximate surface area is 234 Å². The Hall–Kier alpha value is -3.38. The number of hydrogen-bond donors (Lipinski definition) is 1. The lowest BCUT2D eigenvalue weighted by Crippen LogP contribution is -2.45. The average Bonchev–Trinajstić information content (AvgIpc) is 2.83. The van der Waals surface area contributed by atoms with Gasteiger partial charge in [-0.3, -0.25) is 14.4 Å². The van der Waals surface area contributed by atoms with Crippen molar-refractivity contribution in [1.29, 1.82) is 0 Å². The number of nitrogens with zero attached hydrogens (tertiary/aromatic N) is 1. The summed E-state index contributed by atoms with van der Waals surface area (Å²) in [5.41, 5.74) is 3.59.